The van der Waals surface area contributed by atoms with Crippen LogP contribution >= 0.6 is 24.8 Å². The molecule has 0 atom stereocenters. The molecule has 4 N–H and O–H groups in total. The summed E-state index contributed by atoms with van der Waals surface area (Å²) in [4.78, 5) is 13.9. The number of nitrogens with zero attached hydrogens (tertiary/aromatic N) is 4. The molecule has 0 spiro atoms. The molecule has 1 aromatic rings. The highest BCUT2D eigenvalue weighted by Gasteiger charge is 2.30. The summed E-state index contributed by atoms with van der Waals surface area (Å²) in [6.45, 7) is 5.61. The van der Waals surface area contributed by atoms with E-state index in [9.17, 15) is 0 Å². The highest BCUT2D eigenvalue weighted by atomic mass is 35.5. The second kappa shape index (κ2) is 8.71. The van der Waals surface area contributed by atoms with Crippen LogP contribution < -0.4 is 16.4 Å². The van der Waals surface area contributed by atoms with E-state index >= 15 is 0 Å². The molecule has 142 valence electrons. The van der Waals surface area contributed by atoms with E-state index in [1.165, 1.54) is 25.8 Å². The normalized spacial score (nSPS) is 26.8. The van der Waals surface area contributed by atoms with Gasteiger partial charge in [-0.3, -0.25) is 4.90 Å². The average molecular weight is 389 g/mol. The number of rotatable bonds is 4. The van der Waals surface area contributed by atoms with E-state index in [0.717, 1.165) is 56.5 Å². The zero-order chi connectivity index (χ0) is 15.8. The third-order valence-corrected chi connectivity index (χ3v) is 5.78. The molecular weight excluding hydrogens is 359 g/mol. The Bertz CT molecular complexity index is 554. The van der Waals surface area contributed by atoms with Gasteiger partial charge in [0.2, 0.25) is 5.95 Å². The summed E-state index contributed by atoms with van der Waals surface area (Å²) < 4.78 is 0. The van der Waals surface area contributed by atoms with Gasteiger partial charge in [-0.1, -0.05) is 6.42 Å². The maximum absolute atomic E-state index is 5.95. The third-order valence-electron chi connectivity index (χ3n) is 5.78. The molecule has 3 aliphatic rings. The molecule has 1 saturated heterocycles. The Morgan fingerprint density at radius 3 is 2.28 bits per heavy atom. The molecule has 25 heavy (non-hydrogen) atoms. The van der Waals surface area contributed by atoms with Crippen LogP contribution in [0.2, 0.25) is 0 Å². The van der Waals surface area contributed by atoms with Crippen molar-refractivity contribution >= 4 is 36.6 Å². The lowest BCUT2D eigenvalue weighted by Crippen LogP contribution is -2.48. The first kappa shape index (κ1) is 20.5. The van der Waals surface area contributed by atoms with Gasteiger partial charge in [-0.05, 0) is 31.6 Å². The van der Waals surface area contributed by atoms with Crippen molar-refractivity contribution in [3.05, 3.63) is 11.8 Å². The van der Waals surface area contributed by atoms with Crippen LogP contribution in [0, 0.1) is 5.92 Å². The zero-order valence-corrected chi connectivity index (χ0v) is 16.3. The van der Waals surface area contributed by atoms with Gasteiger partial charge in [0.05, 0.1) is 5.69 Å². The molecule has 2 saturated carbocycles. The Balaban J connectivity index is 0.00000113. The summed E-state index contributed by atoms with van der Waals surface area (Å²) >= 11 is 0. The van der Waals surface area contributed by atoms with Gasteiger partial charge in [0.25, 0.3) is 0 Å². The van der Waals surface area contributed by atoms with Crippen LogP contribution in [0.1, 0.15) is 43.7 Å². The molecular formula is C17H30Cl2N6. The van der Waals surface area contributed by atoms with Crippen LogP contribution in [0.15, 0.2) is 6.07 Å². The van der Waals surface area contributed by atoms with Crippen molar-refractivity contribution < 1.29 is 0 Å². The van der Waals surface area contributed by atoms with E-state index in [4.69, 9.17) is 11.5 Å². The first-order chi connectivity index (χ1) is 11.2. The summed E-state index contributed by atoms with van der Waals surface area (Å²) in [7, 11) is 0. The van der Waals surface area contributed by atoms with E-state index < -0.39 is 0 Å². The van der Waals surface area contributed by atoms with Gasteiger partial charge in [-0.2, -0.15) is 4.98 Å². The van der Waals surface area contributed by atoms with Crippen molar-refractivity contribution in [1.82, 2.24) is 14.9 Å². The third kappa shape index (κ3) is 4.67. The SMILES string of the molecule is Cl.Cl.Nc1nc(C2CC(N)C2)cc(N2CCN(CC3CCC3)CC2)n1. The minimum absolute atomic E-state index is 0. The Morgan fingerprint density at radius 2 is 1.72 bits per heavy atom. The molecule has 0 unspecified atom stereocenters. The van der Waals surface area contributed by atoms with Gasteiger partial charge >= 0.3 is 0 Å². The van der Waals surface area contributed by atoms with Gasteiger partial charge in [-0.25, -0.2) is 4.98 Å². The van der Waals surface area contributed by atoms with Crippen LogP contribution in [-0.4, -0.2) is 53.6 Å². The summed E-state index contributed by atoms with van der Waals surface area (Å²) in [6, 6.07) is 2.46. The standard InChI is InChI=1S/C17H28N6.2ClH/c18-14-8-13(9-14)15-10-16(21-17(19)20-15)23-6-4-22(5-7-23)11-12-2-1-3-12;;/h10,12-14H,1-9,11,18H2,(H2,19,20,21);2*1H. The highest BCUT2D eigenvalue weighted by molar-refractivity contribution is 5.85. The number of anilines is 2. The number of hydrogen-bond donors (Lipinski definition) is 2. The topological polar surface area (TPSA) is 84.3 Å². The van der Waals surface area contributed by atoms with Crippen LogP contribution in [-0.2, 0) is 0 Å². The molecule has 1 aromatic heterocycles. The summed E-state index contributed by atoms with van der Waals surface area (Å²) in [5, 5.41) is 0. The van der Waals surface area contributed by atoms with Crippen LogP contribution in [0.5, 0.6) is 0 Å². The second-order valence-electron chi connectivity index (χ2n) is 7.52. The molecule has 0 aromatic carbocycles. The summed E-state index contributed by atoms with van der Waals surface area (Å²) in [5.74, 6) is 2.81. The summed E-state index contributed by atoms with van der Waals surface area (Å²) in [6.07, 6.45) is 6.32. The van der Waals surface area contributed by atoms with Crippen molar-refractivity contribution in [3.63, 3.8) is 0 Å². The Kier molecular flexibility index (Phi) is 7.14. The number of nitrogens with two attached hydrogens (primary N) is 2. The number of piperazine rings is 1. The molecule has 0 radical (unpaired) electrons. The van der Waals surface area contributed by atoms with E-state index in [1.807, 2.05) is 0 Å². The van der Waals surface area contributed by atoms with Crippen molar-refractivity contribution in [2.75, 3.05) is 43.4 Å². The predicted octanol–water partition coefficient (Wildman–Crippen LogP) is 2.03. The molecule has 4 rings (SSSR count). The number of nitrogen functional groups attached to an aromatic ring is 1. The van der Waals surface area contributed by atoms with Gasteiger partial charge in [-0.15, -0.1) is 24.8 Å². The highest BCUT2D eigenvalue weighted by Crippen LogP contribution is 2.36. The zero-order valence-electron chi connectivity index (χ0n) is 14.6. The monoisotopic (exact) mass is 388 g/mol. The molecule has 2 heterocycles. The smallest absolute Gasteiger partial charge is 0.222 e. The molecule has 8 heteroatoms. The van der Waals surface area contributed by atoms with Gasteiger partial charge < -0.3 is 16.4 Å². The Labute approximate surface area is 162 Å². The number of halogens is 2. The fourth-order valence-electron chi connectivity index (χ4n) is 3.95. The van der Waals surface area contributed by atoms with E-state index in [-0.39, 0.29) is 24.8 Å². The number of aromatic nitrogens is 2. The minimum atomic E-state index is 0. The maximum Gasteiger partial charge on any atom is 0.222 e. The molecule has 3 fully saturated rings. The van der Waals surface area contributed by atoms with Crippen LogP contribution in [0.3, 0.4) is 0 Å². The lowest BCUT2D eigenvalue weighted by molar-refractivity contribution is 0.170. The van der Waals surface area contributed by atoms with Crippen LogP contribution in [0.4, 0.5) is 11.8 Å². The van der Waals surface area contributed by atoms with E-state index in [0.29, 0.717) is 17.9 Å². The molecule has 0 bridgehead atoms. The molecule has 6 nitrogen and oxygen atoms in total. The molecule has 0 amide bonds. The van der Waals surface area contributed by atoms with E-state index in [2.05, 4.69) is 25.8 Å². The minimum Gasteiger partial charge on any atom is -0.368 e. The van der Waals surface area contributed by atoms with Gasteiger partial charge in [0.1, 0.15) is 5.82 Å². The summed E-state index contributed by atoms with van der Waals surface area (Å²) in [5.41, 5.74) is 12.9. The van der Waals surface area contributed by atoms with Crippen molar-refractivity contribution in [2.24, 2.45) is 11.7 Å². The Hall–Kier alpha value is -0.820. The molecule has 2 aliphatic carbocycles. The fraction of sp³-hybridized carbons (Fsp3) is 0.765. The van der Waals surface area contributed by atoms with Gasteiger partial charge in [0, 0.05) is 50.7 Å². The van der Waals surface area contributed by atoms with E-state index in [1.54, 1.807) is 0 Å². The average Bonchev–Trinajstić information content (AvgIpc) is 2.48. The van der Waals surface area contributed by atoms with Crippen molar-refractivity contribution in [2.45, 2.75) is 44.1 Å². The fourth-order valence-corrected chi connectivity index (χ4v) is 3.95. The first-order valence-electron chi connectivity index (χ1n) is 9.04. The number of hydrogen-bond acceptors (Lipinski definition) is 6. The second-order valence-corrected chi connectivity index (χ2v) is 7.52. The predicted molar refractivity (Wildman–Crippen MR) is 107 cm³/mol. The largest absolute Gasteiger partial charge is 0.368 e. The lowest BCUT2D eigenvalue weighted by Gasteiger charge is -2.39. The van der Waals surface area contributed by atoms with Crippen molar-refractivity contribution in [1.29, 1.82) is 0 Å². The molecule has 1 aliphatic heterocycles. The van der Waals surface area contributed by atoms with Crippen LogP contribution in [0.25, 0.3) is 0 Å². The van der Waals surface area contributed by atoms with Gasteiger partial charge in [0.15, 0.2) is 0 Å². The lowest BCUT2D eigenvalue weighted by atomic mass is 9.78. The quantitative estimate of drug-likeness (QED) is 0.820. The Morgan fingerprint density at radius 1 is 1.04 bits per heavy atom. The first-order valence-corrected chi connectivity index (χ1v) is 9.04. The maximum atomic E-state index is 5.95. The van der Waals surface area contributed by atoms with Crippen molar-refractivity contribution in [3.8, 4) is 0 Å².